The average Bonchev–Trinajstić information content (AvgIpc) is 3.52. The van der Waals surface area contributed by atoms with Crippen molar-refractivity contribution >= 4 is 0 Å². The molecule has 3 aromatic rings. The molecule has 1 aliphatic heterocycles. The maximum Gasteiger partial charge on any atom is 0.222 e. The molecule has 0 radical (unpaired) electrons. The van der Waals surface area contributed by atoms with Crippen LogP contribution in [0.25, 0.3) is 11.3 Å². The number of ether oxygens (including phenoxy) is 4. The van der Waals surface area contributed by atoms with Crippen LogP contribution in [0, 0.1) is 5.92 Å². The second-order valence-electron chi connectivity index (χ2n) is 10.3. The highest BCUT2D eigenvalue weighted by molar-refractivity contribution is 5.65. The lowest BCUT2D eigenvalue weighted by Crippen LogP contribution is -2.39. The van der Waals surface area contributed by atoms with Crippen LogP contribution < -0.4 is 9.47 Å². The van der Waals surface area contributed by atoms with Gasteiger partial charge in [-0.1, -0.05) is 50.2 Å². The third-order valence-corrected chi connectivity index (χ3v) is 6.49. The topological polar surface area (TPSA) is 78.2 Å². The molecule has 2 heterocycles. The molecular weight excluding hydrogens is 482 g/mol. The molecule has 38 heavy (non-hydrogen) atoms. The number of aliphatic hydroxyl groups excluding tert-OH is 1. The number of hydrogen-bond acceptors (Lipinski definition) is 7. The minimum absolute atomic E-state index is 0.137. The van der Waals surface area contributed by atoms with Crippen LogP contribution in [0.15, 0.2) is 54.6 Å². The Kier molecular flexibility index (Phi) is 10.2. The molecule has 1 N–H and O–H groups in total. The molecule has 2 aromatic carbocycles. The highest BCUT2D eigenvalue weighted by atomic mass is 16.5. The Morgan fingerprint density at radius 3 is 2.61 bits per heavy atom. The summed E-state index contributed by atoms with van der Waals surface area (Å²) >= 11 is 0. The number of hydrogen-bond donors (Lipinski definition) is 1. The van der Waals surface area contributed by atoms with Crippen molar-refractivity contribution in [2.75, 3.05) is 40.0 Å². The van der Waals surface area contributed by atoms with Crippen LogP contribution in [0.1, 0.15) is 32.3 Å². The van der Waals surface area contributed by atoms with Gasteiger partial charge in [0.2, 0.25) is 5.88 Å². The molecule has 0 amide bonds. The van der Waals surface area contributed by atoms with Gasteiger partial charge in [0, 0.05) is 51.5 Å². The summed E-state index contributed by atoms with van der Waals surface area (Å²) in [6, 6.07) is 17.7. The molecule has 1 saturated heterocycles. The molecular formula is C30H41N3O5. The highest BCUT2D eigenvalue weighted by Crippen LogP contribution is 2.35. The van der Waals surface area contributed by atoms with Crippen molar-refractivity contribution in [3.63, 3.8) is 0 Å². The largest absolute Gasteiger partial charge is 0.497 e. The second kappa shape index (κ2) is 13.8. The molecule has 1 aliphatic rings. The van der Waals surface area contributed by atoms with E-state index in [1.54, 1.807) is 11.8 Å². The summed E-state index contributed by atoms with van der Waals surface area (Å²) in [5.74, 6) is 2.46. The van der Waals surface area contributed by atoms with Crippen LogP contribution in [0.4, 0.5) is 0 Å². The van der Waals surface area contributed by atoms with Crippen molar-refractivity contribution in [2.24, 2.45) is 13.0 Å². The predicted octanol–water partition coefficient (Wildman–Crippen LogP) is 4.90. The third-order valence-electron chi connectivity index (χ3n) is 6.49. The van der Waals surface area contributed by atoms with Crippen molar-refractivity contribution in [1.29, 1.82) is 0 Å². The summed E-state index contributed by atoms with van der Waals surface area (Å²) in [6.45, 7) is 7.63. The number of aromatic nitrogens is 2. The van der Waals surface area contributed by atoms with E-state index in [9.17, 15) is 5.11 Å². The van der Waals surface area contributed by atoms with E-state index < -0.39 is 6.10 Å². The maximum absolute atomic E-state index is 10.9. The fourth-order valence-corrected chi connectivity index (χ4v) is 4.72. The lowest BCUT2D eigenvalue weighted by atomic mass is 10.1. The van der Waals surface area contributed by atoms with E-state index in [0.29, 0.717) is 50.4 Å². The molecule has 206 valence electrons. The van der Waals surface area contributed by atoms with E-state index in [-0.39, 0.29) is 6.10 Å². The molecule has 0 saturated carbocycles. The van der Waals surface area contributed by atoms with Crippen molar-refractivity contribution < 1.29 is 24.1 Å². The summed E-state index contributed by atoms with van der Waals surface area (Å²) < 4.78 is 25.3. The van der Waals surface area contributed by atoms with Gasteiger partial charge >= 0.3 is 0 Å². The van der Waals surface area contributed by atoms with Gasteiger partial charge in [-0.25, -0.2) is 4.68 Å². The van der Waals surface area contributed by atoms with Crippen molar-refractivity contribution in [1.82, 2.24) is 14.7 Å². The monoisotopic (exact) mass is 523 g/mol. The van der Waals surface area contributed by atoms with Crippen LogP contribution in [-0.2, 0) is 23.1 Å². The van der Waals surface area contributed by atoms with Gasteiger partial charge < -0.3 is 24.1 Å². The van der Waals surface area contributed by atoms with Crippen LogP contribution in [0.5, 0.6) is 17.4 Å². The first-order valence-electron chi connectivity index (χ1n) is 13.5. The number of aliphatic hydroxyl groups is 1. The number of methoxy groups -OCH3 is 1. The summed E-state index contributed by atoms with van der Waals surface area (Å²) in [4.78, 5) is 2.24. The van der Waals surface area contributed by atoms with E-state index in [4.69, 9.17) is 24.0 Å². The number of benzene rings is 2. The minimum Gasteiger partial charge on any atom is -0.497 e. The highest BCUT2D eigenvalue weighted by Gasteiger charge is 2.26. The third kappa shape index (κ3) is 7.80. The van der Waals surface area contributed by atoms with E-state index in [1.165, 1.54) is 0 Å². The van der Waals surface area contributed by atoms with Gasteiger partial charge in [0.1, 0.15) is 17.2 Å². The summed E-state index contributed by atoms with van der Waals surface area (Å²) in [7, 11) is 3.53. The molecule has 2 atom stereocenters. The van der Waals surface area contributed by atoms with Gasteiger partial charge in [0.15, 0.2) is 0 Å². The predicted molar refractivity (Wildman–Crippen MR) is 148 cm³/mol. The maximum atomic E-state index is 10.9. The summed E-state index contributed by atoms with van der Waals surface area (Å²) in [5, 5.41) is 15.7. The summed E-state index contributed by atoms with van der Waals surface area (Å²) in [5.41, 5.74) is 2.82. The first kappa shape index (κ1) is 28.1. The van der Waals surface area contributed by atoms with Gasteiger partial charge in [0.05, 0.1) is 31.5 Å². The van der Waals surface area contributed by atoms with Crippen LogP contribution in [0.3, 0.4) is 0 Å². The van der Waals surface area contributed by atoms with Crippen LogP contribution in [-0.4, -0.2) is 72.0 Å². The van der Waals surface area contributed by atoms with E-state index in [1.807, 2.05) is 49.5 Å². The zero-order valence-electron chi connectivity index (χ0n) is 23.0. The first-order chi connectivity index (χ1) is 18.4. The smallest absolute Gasteiger partial charge is 0.222 e. The zero-order valence-corrected chi connectivity index (χ0v) is 23.0. The van der Waals surface area contributed by atoms with Crippen LogP contribution >= 0.6 is 0 Å². The van der Waals surface area contributed by atoms with Gasteiger partial charge in [-0.3, -0.25) is 4.90 Å². The molecule has 0 aliphatic carbocycles. The van der Waals surface area contributed by atoms with Gasteiger partial charge in [-0.15, -0.1) is 0 Å². The number of nitrogens with zero attached hydrogens (tertiary/aromatic N) is 3. The van der Waals surface area contributed by atoms with Crippen molar-refractivity contribution in [2.45, 2.75) is 45.4 Å². The zero-order chi connectivity index (χ0) is 26.9. The minimum atomic E-state index is -0.616. The Hall–Kier alpha value is -2.91. The lowest BCUT2D eigenvalue weighted by Gasteiger charge is -2.28. The van der Waals surface area contributed by atoms with E-state index >= 15 is 0 Å². The normalized spacial score (nSPS) is 16.3. The Balaban J connectivity index is 1.64. The van der Waals surface area contributed by atoms with Gasteiger partial charge in [0.25, 0.3) is 0 Å². The van der Waals surface area contributed by atoms with Gasteiger partial charge in [-0.2, -0.15) is 5.10 Å². The molecule has 0 bridgehead atoms. The molecule has 8 nitrogen and oxygen atoms in total. The fraction of sp³-hybridized carbons (Fsp3) is 0.500. The molecule has 8 heteroatoms. The lowest BCUT2D eigenvalue weighted by molar-refractivity contribution is -0.00399. The van der Waals surface area contributed by atoms with Crippen LogP contribution in [0.2, 0.25) is 0 Å². The summed E-state index contributed by atoms with van der Waals surface area (Å²) in [6.07, 6.45) is 1.60. The Morgan fingerprint density at radius 1 is 1.11 bits per heavy atom. The molecule has 1 aromatic heterocycles. The second-order valence-corrected chi connectivity index (χ2v) is 10.3. The van der Waals surface area contributed by atoms with E-state index in [2.05, 4.69) is 30.9 Å². The molecule has 0 unspecified atom stereocenters. The molecule has 4 rings (SSSR count). The Bertz CT molecular complexity index is 1130. The number of aryl methyl sites for hydroxylation is 1. The standard InChI is InChI=1S/C30H41N3O5/c1-22(2)20-36-21-24(34)17-33(18-27-14-9-15-37-27)19-28-29(23-10-6-5-7-11-23)31-32(3)30(28)38-26-13-8-12-25(16-26)35-4/h5-8,10-13,16,22,24,27,34H,9,14-15,17-21H2,1-4H3/t24-,27-/m1/s1. The van der Waals surface area contributed by atoms with Crippen molar-refractivity contribution in [3.8, 4) is 28.6 Å². The average molecular weight is 524 g/mol. The number of rotatable bonds is 14. The molecule has 0 spiro atoms. The quantitative estimate of drug-likeness (QED) is 0.322. The fourth-order valence-electron chi connectivity index (χ4n) is 4.72. The van der Waals surface area contributed by atoms with Crippen molar-refractivity contribution in [3.05, 3.63) is 60.2 Å². The van der Waals surface area contributed by atoms with E-state index in [0.717, 1.165) is 42.0 Å². The SMILES string of the molecule is COc1cccc(Oc2c(CN(C[C@@H](O)COCC(C)C)C[C@H]3CCCO3)c(-c3ccccc3)nn2C)c1. The molecule has 1 fully saturated rings. The van der Waals surface area contributed by atoms with Gasteiger partial charge in [-0.05, 0) is 30.9 Å². The Morgan fingerprint density at radius 2 is 1.89 bits per heavy atom. The Labute approximate surface area is 226 Å². The first-order valence-corrected chi connectivity index (χ1v) is 13.5.